The second-order valence-corrected chi connectivity index (χ2v) is 8.42. The maximum absolute atomic E-state index is 4.98. The van der Waals surface area contributed by atoms with Gasteiger partial charge in [-0.05, 0) is 44.5 Å². The van der Waals surface area contributed by atoms with E-state index in [-0.39, 0.29) is 0 Å². The van der Waals surface area contributed by atoms with Crippen LogP contribution in [0, 0.1) is 0 Å². The van der Waals surface area contributed by atoms with Crippen molar-refractivity contribution >= 4 is 11.5 Å². The number of likely N-dealkylation sites (N-methyl/N-ethyl adjacent to an activating group) is 1. The Morgan fingerprint density at radius 1 is 1.07 bits per heavy atom. The maximum Gasteiger partial charge on any atom is 0.157 e. The van der Waals surface area contributed by atoms with Crippen molar-refractivity contribution in [2.24, 2.45) is 0 Å². The van der Waals surface area contributed by atoms with Crippen molar-refractivity contribution in [3.63, 3.8) is 0 Å². The van der Waals surface area contributed by atoms with Crippen molar-refractivity contribution in [2.45, 2.75) is 37.8 Å². The Morgan fingerprint density at radius 3 is 2.79 bits per heavy atom. The van der Waals surface area contributed by atoms with E-state index in [1.165, 1.54) is 37.1 Å². The average molecular weight is 391 g/mol. The predicted octanol–water partition coefficient (Wildman–Crippen LogP) is 2.91. The Bertz CT molecular complexity index is 952. The normalized spacial score (nSPS) is 23.1. The van der Waals surface area contributed by atoms with Crippen LogP contribution in [0.1, 0.15) is 36.4 Å². The van der Waals surface area contributed by atoms with Crippen LogP contribution in [-0.4, -0.2) is 58.8 Å². The van der Waals surface area contributed by atoms with Gasteiger partial charge in [-0.1, -0.05) is 30.3 Å². The molecule has 2 aromatic heterocycles. The second-order valence-electron chi connectivity index (χ2n) is 8.42. The van der Waals surface area contributed by atoms with Crippen molar-refractivity contribution in [2.75, 3.05) is 38.1 Å². The Morgan fingerprint density at radius 2 is 1.97 bits per heavy atom. The van der Waals surface area contributed by atoms with Gasteiger partial charge in [0, 0.05) is 50.4 Å². The van der Waals surface area contributed by atoms with Gasteiger partial charge in [0.15, 0.2) is 11.5 Å². The van der Waals surface area contributed by atoms with Crippen molar-refractivity contribution in [3.05, 3.63) is 59.9 Å². The van der Waals surface area contributed by atoms with E-state index >= 15 is 0 Å². The highest BCUT2D eigenvalue weighted by atomic mass is 15.4. The third kappa shape index (κ3) is 3.87. The number of hydrogen-bond donors (Lipinski definition) is 1. The lowest BCUT2D eigenvalue weighted by Crippen LogP contribution is -2.34. The fourth-order valence-corrected chi connectivity index (χ4v) is 4.85. The molecule has 0 aliphatic carbocycles. The molecule has 5 rings (SSSR count). The van der Waals surface area contributed by atoms with E-state index < -0.39 is 0 Å². The number of piperidine rings is 1. The van der Waals surface area contributed by atoms with Crippen LogP contribution in [0.5, 0.6) is 0 Å². The first-order valence-corrected chi connectivity index (χ1v) is 10.8. The molecular formula is C23H30N6. The van der Waals surface area contributed by atoms with E-state index in [1.807, 2.05) is 13.2 Å². The number of nitrogens with one attached hydrogen (secondary N) is 1. The number of fused-ring (bicyclic) bond motifs is 1. The molecule has 1 aromatic carbocycles. The minimum absolute atomic E-state index is 0.495. The van der Waals surface area contributed by atoms with E-state index in [2.05, 4.69) is 67.1 Å². The summed E-state index contributed by atoms with van der Waals surface area (Å²) in [4.78, 5) is 9.56. The fraction of sp³-hybridized carbons (Fsp3) is 0.478. The Balaban J connectivity index is 1.36. The van der Waals surface area contributed by atoms with Crippen LogP contribution < -0.4 is 10.2 Å². The van der Waals surface area contributed by atoms with Gasteiger partial charge in [0.05, 0.1) is 5.69 Å². The molecule has 0 amide bonds. The molecule has 2 saturated heterocycles. The van der Waals surface area contributed by atoms with Crippen LogP contribution in [0.15, 0.2) is 48.7 Å². The van der Waals surface area contributed by atoms with Gasteiger partial charge in [-0.3, -0.25) is 4.90 Å². The molecule has 0 unspecified atom stereocenters. The molecule has 29 heavy (non-hydrogen) atoms. The SMILES string of the molecule is CN[C@H]1CCN(c2cc3nccc([C@@H]4CCCN(Cc5ccccc5)C4)n3n2)C1. The molecule has 2 fully saturated rings. The number of hydrogen-bond acceptors (Lipinski definition) is 5. The summed E-state index contributed by atoms with van der Waals surface area (Å²) in [5.74, 6) is 1.55. The van der Waals surface area contributed by atoms with Crippen LogP contribution >= 0.6 is 0 Å². The average Bonchev–Trinajstić information content (AvgIpc) is 3.41. The lowest BCUT2D eigenvalue weighted by atomic mass is 9.94. The topological polar surface area (TPSA) is 48.7 Å². The molecule has 0 radical (unpaired) electrons. The summed E-state index contributed by atoms with van der Waals surface area (Å²) in [7, 11) is 2.04. The molecule has 4 heterocycles. The molecule has 2 aliphatic rings. The standard InChI is InChI=1S/C23H30N6/c1-24-20-10-13-28(17-20)23-14-22-25-11-9-21(29(22)26-23)19-8-5-12-27(16-19)15-18-6-3-2-4-7-18/h2-4,6-7,9,11,14,19-20,24H,5,8,10,12-13,15-17H2,1H3/t19-,20+/m1/s1. The molecule has 0 spiro atoms. The lowest BCUT2D eigenvalue weighted by molar-refractivity contribution is 0.197. The Kier molecular flexibility index (Phi) is 5.21. The van der Waals surface area contributed by atoms with Gasteiger partial charge in [0.2, 0.25) is 0 Å². The Hall–Kier alpha value is -2.44. The van der Waals surface area contributed by atoms with Gasteiger partial charge in [0.25, 0.3) is 0 Å². The zero-order valence-corrected chi connectivity index (χ0v) is 17.2. The van der Waals surface area contributed by atoms with Crippen molar-refractivity contribution in [1.82, 2.24) is 24.8 Å². The van der Waals surface area contributed by atoms with Gasteiger partial charge in [0.1, 0.15) is 0 Å². The number of likely N-dealkylation sites (tertiary alicyclic amines) is 1. The summed E-state index contributed by atoms with van der Waals surface area (Å²) in [6, 6.07) is 15.7. The first-order chi connectivity index (χ1) is 14.3. The van der Waals surface area contributed by atoms with Crippen molar-refractivity contribution in [3.8, 4) is 0 Å². The minimum Gasteiger partial charge on any atom is -0.353 e. The first kappa shape index (κ1) is 18.6. The summed E-state index contributed by atoms with van der Waals surface area (Å²) in [6.07, 6.45) is 5.56. The number of rotatable bonds is 5. The molecule has 152 valence electrons. The molecule has 2 atom stereocenters. The highest BCUT2D eigenvalue weighted by molar-refractivity contribution is 5.53. The van der Waals surface area contributed by atoms with Crippen LogP contribution in [0.25, 0.3) is 5.65 Å². The largest absolute Gasteiger partial charge is 0.353 e. The van der Waals surface area contributed by atoms with Crippen LogP contribution in [0.3, 0.4) is 0 Å². The molecular weight excluding hydrogens is 360 g/mol. The quantitative estimate of drug-likeness (QED) is 0.726. The highest BCUT2D eigenvalue weighted by Crippen LogP contribution is 2.29. The van der Waals surface area contributed by atoms with Gasteiger partial charge in [-0.15, -0.1) is 5.10 Å². The third-order valence-electron chi connectivity index (χ3n) is 6.47. The van der Waals surface area contributed by atoms with Gasteiger partial charge < -0.3 is 10.2 Å². The number of benzene rings is 1. The zero-order chi connectivity index (χ0) is 19.6. The second kappa shape index (κ2) is 8.13. The third-order valence-corrected chi connectivity index (χ3v) is 6.47. The predicted molar refractivity (Wildman–Crippen MR) is 116 cm³/mol. The summed E-state index contributed by atoms with van der Waals surface area (Å²) < 4.78 is 2.10. The van der Waals surface area contributed by atoms with E-state index in [4.69, 9.17) is 5.10 Å². The van der Waals surface area contributed by atoms with Crippen molar-refractivity contribution in [1.29, 1.82) is 0 Å². The first-order valence-electron chi connectivity index (χ1n) is 10.8. The minimum atomic E-state index is 0.495. The summed E-state index contributed by atoms with van der Waals surface area (Å²) in [6.45, 7) is 5.34. The van der Waals surface area contributed by atoms with Gasteiger partial charge in [-0.2, -0.15) is 0 Å². The molecule has 2 aliphatic heterocycles. The molecule has 3 aromatic rings. The fourth-order valence-electron chi connectivity index (χ4n) is 4.85. The zero-order valence-electron chi connectivity index (χ0n) is 17.2. The summed E-state index contributed by atoms with van der Waals surface area (Å²) in [5.41, 5.74) is 3.65. The van der Waals surface area contributed by atoms with Crippen molar-refractivity contribution < 1.29 is 0 Å². The monoisotopic (exact) mass is 390 g/mol. The summed E-state index contributed by atoms with van der Waals surface area (Å²) >= 11 is 0. The maximum atomic E-state index is 4.98. The van der Waals surface area contributed by atoms with Gasteiger partial charge >= 0.3 is 0 Å². The van der Waals surface area contributed by atoms with Crippen LogP contribution in [0.4, 0.5) is 5.82 Å². The molecule has 0 bridgehead atoms. The lowest BCUT2D eigenvalue weighted by Gasteiger charge is -2.33. The number of aromatic nitrogens is 3. The number of nitrogens with zero attached hydrogens (tertiary/aromatic N) is 5. The molecule has 6 nitrogen and oxygen atoms in total. The van der Waals surface area contributed by atoms with E-state index in [1.54, 1.807) is 0 Å². The van der Waals surface area contributed by atoms with Gasteiger partial charge in [-0.25, -0.2) is 9.50 Å². The molecule has 6 heteroatoms. The van der Waals surface area contributed by atoms with E-state index in [0.29, 0.717) is 12.0 Å². The van der Waals surface area contributed by atoms with E-state index in [0.717, 1.165) is 37.6 Å². The molecule has 0 saturated carbocycles. The number of anilines is 1. The summed E-state index contributed by atoms with van der Waals surface area (Å²) in [5, 5.41) is 8.37. The highest BCUT2D eigenvalue weighted by Gasteiger charge is 2.26. The Labute approximate surface area is 172 Å². The van der Waals surface area contributed by atoms with Crippen LogP contribution in [-0.2, 0) is 6.54 Å². The van der Waals surface area contributed by atoms with Crippen LogP contribution in [0.2, 0.25) is 0 Å². The molecule has 1 N–H and O–H groups in total. The smallest absolute Gasteiger partial charge is 0.157 e. The van der Waals surface area contributed by atoms with E-state index in [9.17, 15) is 0 Å².